The third-order valence-corrected chi connectivity index (χ3v) is 3.71. The Kier molecular flexibility index (Phi) is 5.95. The third kappa shape index (κ3) is 4.31. The average molecular weight is 283 g/mol. The Bertz CT molecular complexity index is 431. The zero-order chi connectivity index (χ0) is 14.4. The molecule has 1 aromatic heterocycles. The molecule has 0 aromatic carbocycles. The monoisotopic (exact) mass is 283 g/mol. The summed E-state index contributed by atoms with van der Waals surface area (Å²) in [5, 5.41) is 3.07. The van der Waals surface area contributed by atoms with Gasteiger partial charge < -0.3 is 4.90 Å². The molecule has 106 valence electrons. The van der Waals surface area contributed by atoms with Gasteiger partial charge in [-0.05, 0) is 26.7 Å². The van der Waals surface area contributed by atoms with Gasteiger partial charge >= 0.3 is 11.8 Å². The van der Waals surface area contributed by atoms with Gasteiger partial charge in [0, 0.05) is 18.0 Å². The number of aryl methyl sites for hydroxylation is 2. The molecule has 2 amide bonds. The number of amides is 2. The number of nitrogens with zero attached hydrogens (tertiary/aromatic N) is 2. The van der Waals surface area contributed by atoms with Crippen LogP contribution in [0.2, 0.25) is 0 Å². The molecular weight excluding hydrogens is 262 g/mol. The minimum atomic E-state index is -0.601. The molecule has 0 saturated heterocycles. The summed E-state index contributed by atoms with van der Waals surface area (Å²) in [6.07, 6.45) is 1.68. The van der Waals surface area contributed by atoms with Crippen LogP contribution in [0.4, 0.5) is 5.13 Å². The highest BCUT2D eigenvalue weighted by Gasteiger charge is 2.21. The Morgan fingerprint density at radius 1 is 1.21 bits per heavy atom. The number of nitrogens with one attached hydrogen (secondary N) is 1. The van der Waals surface area contributed by atoms with Gasteiger partial charge in [0.1, 0.15) is 0 Å². The standard InChI is InChI=1S/C13H21N3O2S/c1-5-7-16(8-6-2)12(18)11(17)15-13-14-9(3)10(4)19-13/h5-8H2,1-4H3,(H,14,15,17). The van der Waals surface area contributed by atoms with Crippen molar-refractivity contribution >= 4 is 28.3 Å². The third-order valence-electron chi connectivity index (χ3n) is 2.72. The van der Waals surface area contributed by atoms with Gasteiger partial charge in [-0.25, -0.2) is 4.98 Å². The van der Waals surface area contributed by atoms with E-state index in [4.69, 9.17) is 0 Å². The van der Waals surface area contributed by atoms with Crippen LogP contribution in [0.15, 0.2) is 0 Å². The molecule has 1 heterocycles. The minimum absolute atomic E-state index is 0.478. The van der Waals surface area contributed by atoms with Gasteiger partial charge in [0.2, 0.25) is 0 Å². The van der Waals surface area contributed by atoms with Crippen molar-refractivity contribution in [1.29, 1.82) is 0 Å². The first-order chi connectivity index (χ1) is 8.99. The lowest BCUT2D eigenvalue weighted by Crippen LogP contribution is -2.40. The van der Waals surface area contributed by atoms with Crippen LogP contribution in [0.25, 0.3) is 0 Å². The normalized spacial score (nSPS) is 10.3. The summed E-state index contributed by atoms with van der Waals surface area (Å²) in [5.41, 5.74) is 0.881. The number of rotatable bonds is 5. The Morgan fingerprint density at radius 3 is 2.21 bits per heavy atom. The second-order valence-electron chi connectivity index (χ2n) is 4.41. The molecule has 0 spiro atoms. The largest absolute Gasteiger partial charge is 0.334 e. The van der Waals surface area contributed by atoms with E-state index in [1.807, 2.05) is 27.7 Å². The van der Waals surface area contributed by atoms with Crippen molar-refractivity contribution in [2.75, 3.05) is 18.4 Å². The number of thiazole rings is 1. The van der Waals surface area contributed by atoms with Gasteiger partial charge in [-0.2, -0.15) is 0 Å². The molecule has 0 bridgehead atoms. The van der Waals surface area contributed by atoms with Gasteiger partial charge in [0.25, 0.3) is 0 Å². The van der Waals surface area contributed by atoms with Crippen molar-refractivity contribution in [2.24, 2.45) is 0 Å². The maximum atomic E-state index is 12.0. The smallest absolute Gasteiger partial charge is 0.315 e. The second-order valence-corrected chi connectivity index (χ2v) is 5.61. The van der Waals surface area contributed by atoms with E-state index in [1.54, 1.807) is 4.90 Å². The Morgan fingerprint density at radius 2 is 1.79 bits per heavy atom. The Balaban J connectivity index is 2.67. The zero-order valence-corrected chi connectivity index (χ0v) is 12.8. The molecule has 1 rings (SSSR count). The predicted octanol–water partition coefficient (Wildman–Crippen LogP) is 2.35. The van der Waals surface area contributed by atoms with Gasteiger partial charge in [0.05, 0.1) is 5.69 Å². The second kappa shape index (κ2) is 7.23. The molecule has 1 aromatic rings. The molecule has 0 unspecified atom stereocenters. The Labute approximate surface area is 118 Å². The number of carbonyl (C=O) groups is 2. The fourth-order valence-corrected chi connectivity index (χ4v) is 2.48. The highest BCUT2D eigenvalue weighted by molar-refractivity contribution is 7.15. The van der Waals surface area contributed by atoms with Crippen LogP contribution in [0.1, 0.15) is 37.3 Å². The van der Waals surface area contributed by atoms with E-state index in [9.17, 15) is 9.59 Å². The van der Waals surface area contributed by atoms with E-state index in [2.05, 4.69) is 10.3 Å². The molecule has 19 heavy (non-hydrogen) atoms. The summed E-state index contributed by atoms with van der Waals surface area (Å²) in [7, 11) is 0. The van der Waals surface area contributed by atoms with Gasteiger partial charge in [0.15, 0.2) is 5.13 Å². The first kappa shape index (κ1) is 15.6. The van der Waals surface area contributed by atoms with Crippen LogP contribution in [0.5, 0.6) is 0 Å². The topological polar surface area (TPSA) is 62.3 Å². The number of carbonyl (C=O) groups excluding carboxylic acids is 2. The highest BCUT2D eigenvalue weighted by atomic mass is 32.1. The molecule has 5 nitrogen and oxygen atoms in total. The summed E-state index contributed by atoms with van der Waals surface area (Å²) in [6.45, 7) is 9.00. The summed E-state index contributed by atoms with van der Waals surface area (Å²) < 4.78 is 0. The fourth-order valence-electron chi connectivity index (χ4n) is 1.68. The van der Waals surface area contributed by atoms with Gasteiger partial charge in [-0.1, -0.05) is 13.8 Å². The molecule has 0 radical (unpaired) electrons. The van der Waals surface area contributed by atoms with Gasteiger partial charge in [-0.3, -0.25) is 14.9 Å². The van der Waals surface area contributed by atoms with E-state index < -0.39 is 11.8 Å². The Hall–Kier alpha value is -1.43. The predicted molar refractivity (Wildman–Crippen MR) is 77.4 cm³/mol. The summed E-state index contributed by atoms with van der Waals surface area (Å²) >= 11 is 1.38. The lowest BCUT2D eigenvalue weighted by Gasteiger charge is -2.20. The van der Waals surface area contributed by atoms with Crippen molar-refractivity contribution in [2.45, 2.75) is 40.5 Å². The van der Waals surface area contributed by atoms with Crippen LogP contribution >= 0.6 is 11.3 Å². The zero-order valence-electron chi connectivity index (χ0n) is 11.9. The maximum absolute atomic E-state index is 12.0. The quantitative estimate of drug-likeness (QED) is 0.844. The first-order valence-electron chi connectivity index (χ1n) is 6.53. The van der Waals surface area contributed by atoms with Crippen molar-refractivity contribution in [1.82, 2.24) is 9.88 Å². The lowest BCUT2D eigenvalue weighted by atomic mass is 10.3. The van der Waals surface area contributed by atoms with E-state index in [1.165, 1.54) is 11.3 Å². The fraction of sp³-hybridized carbons (Fsp3) is 0.615. The van der Waals surface area contributed by atoms with Crippen molar-refractivity contribution in [3.63, 3.8) is 0 Å². The van der Waals surface area contributed by atoms with Crippen molar-refractivity contribution in [3.05, 3.63) is 10.6 Å². The van der Waals surface area contributed by atoms with Crippen LogP contribution in [-0.2, 0) is 9.59 Å². The van der Waals surface area contributed by atoms with E-state index >= 15 is 0 Å². The minimum Gasteiger partial charge on any atom is -0.334 e. The van der Waals surface area contributed by atoms with Crippen LogP contribution in [0.3, 0.4) is 0 Å². The molecule has 0 fully saturated rings. The number of aromatic nitrogens is 1. The summed E-state index contributed by atoms with van der Waals surface area (Å²) in [5.74, 6) is -1.08. The number of hydrogen-bond acceptors (Lipinski definition) is 4. The van der Waals surface area contributed by atoms with E-state index in [0.717, 1.165) is 23.4 Å². The van der Waals surface area contributed by atoms with Crippen LogP contribution in [0, 0.1) is 13.8 Å². The molecule has 0 saturated carbocycles. The van der Waals surface area contributed by atoms with Gasteiger partial charge in [-0.15, -0.1) is 11.3 Å². The summed E-state index contributed by atoms with van der Waals surface area (Å²) in [6, 6.07) is 0. The number of hydrogen-bond donors (Lipinski definition) is 1. The lowest BCUT2D eigenvalue weighted by molar-refractivity contribution is -0.143. The van der Waals surface area contributed by atoms with Crippen molar-refractivity contribution < 1.29 is 9.59 Å². The molecule has 1 N–H and O–H groups in total. The van der Waals surface area contributed by atoms with E-state index in [-0.39, 0.29) is 0 Å². The highest BCUT2D eigenvalue weighted by Crippen LogP contribution is 2.20. The summed E-state index contributed by atoms with van der Waals surface area (Å²) in [4.78, 5) is 30.7. The molecule has 0 aliphatic rings. The average Bonchev–Trinajstić information content (AvgIpc) is 2.67. The van der Waals surface area contributed by atoms with Crippen molar-refractivity contribution in [3.8, 4) is 0 Å². The van der Waals surface area contributed by atoms with E-state index in [0.29, 0.717) is 18.2 Å². The molecule has 0 aliphatic carbocycles. The molecule has 6 heteroatoms. The number of anilines is 1. The first-order valence-corrected chi connectivity index (χ1v) is 7.35. The maximum Gasteiger partial charge on any atom is 0.315 e. The molecule has 0 aliphatic heterocycles. The van der Waals surface area contributed by atoms with Crippen LogP contribution < -0.4 is 5.32 Å². The SMILES string of the molecule is CCCN(CCC)C(=O)C(=O)Nc1nc(C)c(C)s1. The van der Waals surface area contributed by atoms with Crippen LogP contribution in [-0.4, -0.2) is 34.8 Å². The molecular formula is C13H21N3O2S. The molecule has 0 atom stereocenters.